The Bertz CT molecular complexity index is 1490. The van der Waals surface area contributed by atoms with Crippen molar-refractivity contribution < 1.29 is 14.0 Å². The van der Waals surface area contributed by atoms with Gasteiger partial charge in [-0.1, -0.05) is 60.3 Å². The molecule has 36 heavy (non-hydrogen) atoms. The molecule has 9 nitrogen and oxygen atoms in total. The minimum Gasteiger partial charge on any atom is -0.455 e. The summed E-state index contributed by atoms with van der Waals surface area (Å²) in [5.74, 6) is 0.169. The van der Waals surface area contributed by atoms with Crippen LogP contribution in [-0.2, 0) is 12.8 Å². The lowest BCUT2D eigenvalue weighted by molar-refractivity contribution is 0.0830. The maximum atomic E-state index is 13.1. The van der Waals surface area contributed by atoms with Gasteiger partial charge in [-0.3, -0.25) is 20.4 Å². The van der Waals surface area contributed by atoms with E-state index in [1.807, 2.05) is 78.5 Å². The second-order valence-electron chi connectivity index (χ2n) is 7.82. The van der Waals surface area contributed by atoms with Crippen LogP contribution in [0.2, 0.25) is 0 Å². The molecule has 5 aromatic rings. The summed E-state index contributed by atoms with van der Waals surface area (Å²) in [5, 5.41) is 5.47. The van der Waals surface area contributed by atoms with Gasteiger partial charge in [-0.2, -0.15) is 5.10 Å². The Balaban J connectivity index is 1.28. The number of hydrazine groups is 1. The Morgan fingerprint density at radius 2 is 1.67 bits per heavy atom. The van der Waals surface area contributed by atoms with E-state index in [-0.39, 0.29) is 5.76 Å². The fourth-order valence-corrected chi connectivity index (χ4v) is 4.34. The number of carbonyl (C=O) groups excluding carboxylic acids is 2. The number of carbonyl (C=O) groups is 2. The maximum absolute atomic E-state index is 13.1. The van der Waals surface area contributed by atoms with Crippen molar-refractivity contribution in [1.82, 2.24) is 30.2 Å². The summed E-state index contributed by atoms with van der Waals surface area (Å²) in [7, 11) is 1.91. The molecule has 3 aromatic heterocycles. The average Bonchev–Trinajstić information content (AvgIpc) is 3.67. The summed E-state index contributed by atoms with van der Waals surface area (Å²) in [5.41, 5.74) is 7.30. The summed E-state index contributed by atoms with van der Waals surface area (Å²) in [6.07, 6.45) is 5.22. The van der Waals surface area contributed by atoms with Crippen LogP contribution in [0.5, 0.6) is 0 Å². The largest absolute Gasteiger partial charge is 0.455 e. The first kappa shape index (κ1) is 23.2. The van der Waals surface area contributed by atoms with Gasteiger partial charge in [0.1, 0.15) is 11.5 Å². The molecule has 0 aliphatic carbocycles. The average molecular weight is 499 g/mol. The number of para-hydroxylation sites is 1. The molecular weight excluding hydrogens is 476 g/mol. The van der Waals surface area contributed by atoms with E-state index >= 15 is 0 Å². The SMILES string of the molecule is Cn1ccnc1SCc1ccc(C(=O)NNC(=O)c2cn(-c3ccccc3)nc2-c2ccccc2)o1. The highest BCUT2D eigenvalue weighted by Crippen LogP contribution is 2.24. The van der Waals surface area contributed by atoms with Crippen molar-refractivity contribution in [3.63, 3.8) is 0 Å². The number of hydrogen-bond acceptors (Lipinski definition) is 6. The molecule has 0 saturated carbocycles. The van der Waals surface area contributed by atoms with E-state index in [2.05, 4.69) is 20.9 Å². The third-order valence-electron chi connectivity index (χ3n) is 5.32. The normalized spacial score (nSPS) is 10.8. The van der Waals surface area contributed by atoms with Gasteiger partial charge < -0.3 is 8.98 Å². The summed E-state index contributed by atoms with van der Waals surface area (Å²) < 4.78 is 9.18. The standard InChI is InChI=1S/C26H22N6O3S/c1-31-15-14-27-26(31)36-17-20-12-13-22(35-20)25(34)29-28-24(33)21-16-32(19-10-6-3-7-11-19)30-23(21)18-8-4-2-5-9-18/h2-16H,17H2,1H3,(H,28,33)(H,29,34). The first-order chi connectivity index (χ1) is 17.6. The number of rotatable bonds is 7. The monoisotopic (exact) mass is 498 g/mol. The predicted molar refractivity (Wildman–Crippen MR) is 135 cm³/mol. The fourth-order valence-electron chi connectivity index (χ4n) is 3.51. The number of aromatic nitrogens is 4. The fraction of sp³-hybridized carbons (Fsp3) is 0.0769. The van der Waals surface area contributed by atoms with Crippen molar-refractivity contribution in [1.29, 1.82) is 0 Å². The second-order valence-corrected chi connectivity index (χ2v) is 8.76. The molecule has 0 radical (unpaired) electrons. The Kier molecular flexibility index (Phi) is 6.67. The minimum absolute atomic E-state index is 0.0917. The zero-order valence-corrected chi connectivity index (χ0v) is 20.1. The third-order valence-corrected chi connectivity index (χ3v) is 6.40. The molecule has 0 fully saturated rings. The highest BCUT2D eigenvalue weighted by atomic mass is 32.2. The van der Waals surface area contributed by atoms with Crippen LogP contribution in [0.25, 0.3) is 16.9 Å². The van der Waals surface area contributed by atoms with Crippen LogP contribution in [0.4, 0.5) is 0 Å². The van der Waals surface area contributed by atoms with E-state index in [4.69, 9.17) is 4.42 Å². The van der Waals surface area contributed by atoms with Gasteiger partial charge in [-0.25, -0.2) is 9.67 Å². The minimum atomic E-state index is -0.562. The Morgan fingerprint density at radius 3 is 2.39 bits per heavy atom. The van der Waals surface area contributed by atoms with Crippen molar-refractivity contribution >= 4 is 23.6 Å². The molecule has 0 aliphatic heterocycles. The molecule has 0 spiro atoms. The Labute approximate surface area is 211 Å². The second kappa shape index (κ2) is 10.4. The number of nitrogens with one attached hydrogen (secondary N) is 2. The lowest BCUT2D eigenvalue weighted by Gasteiger charge is -2.06. The molecule has 10 heteroatoms. The Morgan fingerprint density at radius 1 is 0.944 bits per heavy atom. The van der Waals surface area contributed by atoms with Gasteiger partial charge in [0.25, 0.3) is 5.91 Å². The van der Waals surface area contributed by atoms with Crippen LogP contribution in [-0.4, -0.2) is 31.1 Å². The zero-order chi connectivity index (χ0) is 24.9. The van der Waals surface area contributed by atoms with Gasteiger partial charge >= 0.3 is 5.91 Å². The number of nitrogens with zero attached hydrogens (tertiary/aromatic N) is 4. The predicted octanol–water partition coefficient (Wildman–Crippen LogP) is 4.23. The highest BCUT2D eigenvalue weighted by molar-refractivity contribution is 7.98. The molecule has 0 saturated heterocycles. The number of imidazole rings is 1. The van der Waals surface area contributed by atoms with Crippen LogP contribution in [0.3, 0.4) is 0 Å². The van der Waals surface area contributed by atoms with Gasteiger partial charge in [-0.05, 0) is 24.3 Å². The number of amides is 2. The van der Waals surface area contributed by atoms with E-state index in [1.165, 1.54) is 11.8 Å². The third kappa shape index (κ3) is 5.08. The van der Waals surface area contributed by atoms with E-state index in [1.54, 1.807) is 29.2 Å². The summed E-state index contributed by atoms with van der Waals surface area (Å²) in [6, 6.07) is 22.2. The number of hydrogen-bond donors (Lipinski definition) is 2. The Hall–Kier alpha value is -4.57. The van der Waals surface area contributed by atoms with Crippen LogP contribution in [0, 0.1) is 0 Å². The van der Waals surface area contributed by atoms with Crippen molar-refractivity contribution in [2.45, 2.75) is 10.9 Å². The van der Waals surface area contributed by atoms with Crippen molar-refractivity contribution in [3.8, 4) is 16.9 Å². The van der Waals surface area contributed by atoms with Gasteiger partial charge in [0, 0.05) is 31.2 Å². The first-order valence-corrected chi connectivity index (χ1v) is 12.1. The molecule has 0 atom stereocenters. The maximum Gasteiger partial charge on any atom is 0.305 e. The van der Waals surface area contributed by atoms with Crippen LogP contribution in [0.1, 0.15) is 26.7 Å². The van der Waals surface area contributed by atoms with E-state index in [0.29, 0.717) is 22.8 Å². The summed E-state index contributed by atoms with van der Waals surface area (Å²) >= 11 is 1.49. The molecule has 0 unspecified atom stereocenters. The van der Waals surface area contributed by atoms with Crippen molar-refractivity contribution in [2.75, 3.05) is 0 Å². The van der Waals surface area contributed by atoms with Gasteiger partial charge in [0.05, 0.1) is 17.0 Å². The summed E-state index contributed by atoms with van der Waals surface area (Å²) in [6.45, 7) is 0. The molecule has 3 heterocycles. The summed E-state index contributed by atoms with van der Waals surface area (Å²) in [4.78, 5) is 29.9. The number of aryl methyl sites for hydroxylation is 1. The first-order valence-electron chi connectivity index (χ1n) is 11.1. The number of furan rings is 1. The number of thioether (sulfide) groups is 1. The van der Waals surface area contributed by atoms with E-state index < -0.39 is 11.8 Å². The highest BCUT2D eigenvalue weighted by Gasteiger charge is 2.20. The molecule has 180 valence electrons. The lowest BCUT2D eigenvalue weighted by Crippen LogP contribution is -2.41. The van der Waals surface area contributed by atoms with Crippen LogP contribution >= 0.6 is 11.8 Å². The van der Waals surface area contributed by atoms with E-state index in [9.17, 15) is 9.59 Å². The molecule has 5 rings (SSSR count). The molecule has 2 aromatic carbocycles. The van der Waals surface area contributed by atoms with E-state index in [0.717, 1.165) is 16.4 Å². The van der Waals surface area contributed by atoms with Gasteiger partial charge in [0.2, 0.25) is 0 Å². The van der Waals surface area contributed by atoms with Crippen LogP contribution in [0.15, 0.2) is 101 Å². The molecule has 2 amide bonds. The van der Waals surface area contributed by atoms with Gasteiger partial charge in [-0.15, -0.1) is 0 Å². The lowest BCUT2D eigenvalue weighted by atomic mass is 10.1. The molecular formula is C26H22N6O3S. The van der Waals surface area contributed by atoms with Crippen LogP contribution < -0.4 is 10.9 Å². The topological polar surface area (TPSA) is 107 Å². The molecule has 0 aliphatic rings. The van der Waals surface area contributed by atoms with Crippen molar-refractivity contribution in [2.24, 2.45) is 7.05 Å². The zero-order valence-electron chi connectivity index (χ0n) is 19.3. The smallest absolute Gasteiger partial charge is 0.305 e. The number of benzene rings is 2. The quantitative estimate of drug-likeness (QED) is 0.257. The molecule has 2 N–H and O–H groups in total. The van der Waals surface area contributed by atoms with Crippen molar-refractivity contribution in [3.05, 3.63) is 108 Å². The molecule has 0 bridgehead atoms. The van der Waals surface area contributed by atoms with Gasteiger partial charge in [0.15, 0.2) is 10.9 Å².